The first-order chi connectivity index (χ1) is 10.3. The first-order valence-corrected chi connectivity index (χ1v) is 8.82. The lowest BCUT2D eigenvalue weighted by Gasteiger charge is -2.33. The van der Waals surface area contributed by atoms with E-state index in [2.05, 4.69) is 48.8 Å². The molecule has 0 aliphatic heterocycles. The van der Waals surface area contributed by atoms with Gasteiger partial charge in [-0.15, -0.1) is 0 Å². The molecule has 1 aliphatic carbocycles. The van der Waals surface area contributed by atoms with E-state index in [1.807, 2.05) is 23.9 Å². The average molecular weight is 318 g/mol. The molecule has 0 fully saturated rings. The molecule has 0 radical (unpaired) electrons. The van der Waals surface area contributed by atoms with Gasteiger partial charge in [-0.1, -0.05) is 54.1 Å². The highest BCUT2D eigenvalue weighted by molar-refractivity contribution is 7.99. The van der Waals surface area contributed by atoms with E-state index in [-0.39, 0.29) is 0 Å². The Hall–Kier alpha value is -0.960. The van der Waals surface area contributed by atoms with Crippen LogP contribution in [0.2, 0.25) is 5.02 Å². The van der Waals surface area contributed by atoms with Gasteiger partial charge < -0.3 is 5.32 Å². The second kappa shape index (κ2) is 6.87. The molecule has 1 nitrogen and oxygen atoms in total. The molecule has 0 aromatic heterocycles. The summed E-state index contributed by atoms with van der Waals surface area (Å²) in [6.45, 7) is 0. The molecule has 1 aliphatic rings. The van der Waals surface area contributed by atoms with Gasteiger partial charge in [0.15, 0.2) is 0 Å². The van der Waals surface area contributed by atoms with Gasteiger partial charge in [0.2, 0.25) is 0 Å². The highest BCUT2D eigenvalue weighted by Crippen LogP contribution is 2.38. The monoisotopic (exact) mass is 317 g/mol. The molecule has 0 heterocycles. The van der Waals surface area contributed by atoms with Crippen molar-refractivity contribution in [3.63, 3.8) is 0 Å². The molecule has 0 amide bonds. The van der Waals surface area contributed by atoms with Crippen molar-refractivity contribution >= 4 is 23.4 Å². The van der Waals surface area contributed by atoms with Crippen molar-refractivity contribution in [1.82, 2.24) is 5.32 Å². The first-order valence-electron chi connectivity index (χ1n) is 7.39. The summed E-state index contributed by atoms with van der Waals surface area (Å²) in [6.07, 6.45) is 2.40. The molecular formula is C18H20ClNS. The van der Waals surface area contributed by atoms with Crippen LogP contribution in [-0.2, 0) is 12.2 Å². The minimum absolute atomic E-state index is 0.433. The summed E-state index contributed by atoms with van der Waals surface area (Å²) in [5, 5.41) is 4.98. The van der Waals surface area contributed by atoms with Gasteiger partial charge in [-0.3, -0.25) is 0 Å². The number of benzene rings is 2. The van der Waals surface area contributed by atoms with Gasteiger partial charge in [0.1, 0.15) is 0 Å². The van der Waals surface area contributed by atoms with Crippen LogP contribution < -0.4 is 5.32 Å². The predicted molar refractivity (Wildman–Crippen MR) is 93.1 cm³/mol. The van der Waals surface area contributed by atoms with Crippen LogP contribution in [-0.4, -0.2) is 12.3 Å². The van der Waals surface area contributed by atoms with Crippen LogP contribution in [0.3, 0.4) is 0 Å². The summed E-state index contributed by atoms with van der Waals surface area (Å²) in [7, 11) is 2.07. The summed E-state index contributed by atoms with van der Waals surface area (Å²) in [5.41, 5.74) is 4.19. The summed E-state index contributed by atoms with van der Waals surface area (Å²) >= 11 is 8.28. The van der Waals surface area contributed by atoms with E-state index in [1.54, 1.807) is 0 Å². The van der Waals surface area contributed by atoms with E-state index in [4.69, 9.17) is 11.6 Å². The van der Waals surface area contributed by atoms with E-state index < -0.39 is 0 Å². The van der Waals surface area contributed by atoms with Gasteiger partial charge in [-0.2, -0.15) is 11.8 Å². The average Bonchev–Trinajstić information content (AvgIpc) is 2.53. The number of rotatable bonds is 4. The zero-order chi connectivity index (χ0) is 14.7. The molecule has 0 spiro atoms. The molecular weight excluding hydrogens is 298 g/mol. The van der Waals surface area contributed by atoms with Crippen molar-refractivity contribution in [1.29, 1.82) is 0 Å². The van der Waals surface area contributed by atoms with E-state index in [0.717, 1.165) is 10.8 Å². The molecule has 0 bridgehead atoms. The molecule has 0 saturated carbocycles. The minimum Gasteiger partial charge on any atom is -0.312 e. The summed E-state index contributed by atoms with van der Waals surface area (Å²) in [6, 6.07) is 17.4. The topological polar surface area (TPSA) is 12.0 Å². The van der Waals surface area contributed by atoms with Crippen molar-refractivity contribution in [3.05, 3.63) is 70.2 Å². The Morgan fingerprint density at radius 1 is 1.14 bits per heavy atom. The number of thioether (sulfide) groups is 1. The molecule has 2 unspecified atom stereocenters. The zero-order valence-corrected chi connectivity index (χ0v) is 13.8. The molecule has 3 rings (SSSR count). The third-order valence-corrected chi connectivity index (χ3v) is 5.96. The van der Waals surface area contributed by atoms with Crippen molar-refractivity contribution < 1.29 is 0 Å². The van der Waals surface area contributed by atoms with Crippen molar-refractivity contribution in [3.8, 4) is 0 Å². The molecule has 2 atom stereocenters. The van der Waals surface area contributed by atoms with E-state index in [1.165, 1.54) is 29.5 Å². The Bertz CT molecular complexity index is 614. The van der Waals surface area contributed by atoms with Crippen LogP contribution in [0.4, 0.5) is 0 Å². The Labute approximate surface area is 136 Å². The summed E-state index contributed by atoms with van der Waals surface area (Å²) in [5.74, 6) is 0.977. The lowest BCUT2D eigenvalue weighted by Crippen LogP contribution is -2.32. The summed E-state index contributed by atoms with van der Waals surface area (Å²) < 4.78 is 0. The highest BCUT2D eigenvalue weighted by atomic mass is 35.5. The Morgan fingerprint density at radius 3 is 2.71 bits per heavy atom. The van der Waals surface area contributed by atoms with Crippen LogP contribution >= 0.6 is 23.4 Å². The Morgan fingerprint density at radius 2 is 1.90 bits per heavy atom. The fourth-order valence-corrected chi connectivity index (χ4v) is 4.75. The molecule has 2 aromatic rings. The van der Waals surface area contributed by atoms with Crippen LogP contribution in [0.1, 0.15) is 29.2 Å². The van der Waals surface area contributed by atoms with E-state index in [9.17, 15) is 0 Å². The lowest BCUT2D eigenvalue weighted by molar-refractivity contribution is 0.510. The Balaban J connectivity index is 1.73. The van der Waals surface area contributed by atoms with Gasteiger partial charge in [0, 0.05) is 22.1 Å². The quantitative estimate of drug-likeness (QED) is 0.865. The highest BCUT2D eigenvalue weighted by Gasteiger charge is 2.28. The van der Waals surface area contributed by atoms with Crippen LogP contribution in [0.15, 0.2) is 48.5 Å². The number of aryl methyl sites for hydroxylation is 1. The fourth-order valence-electron chi connectivity index (χ4n) is 3.06. The maximum atomic E-state index is 6.26. The number of halogens is 1. The van der Waals surface area contributed by atoms with Crippen molar-refractivity contribution in [2.24, 2.45) is 0 Å². The molecule has 3 heteroatoms. The maximum Gasteiger partial charge on any atom is 0.0446 e. The van der Waals surface area contributed by atoms with Gasteiger partial charge in [0.05, 0.1) is 0 Å². The molecule has 1 N–H and O–H groups in total. The zero-order valence-electron chi connectivity index (χ0n) is 12.2. The van der Waals surface area contributed by atoms with Gasteiger partial charge in [-0.25, -0.2) is 0 Å². The molecule has 2 aromatic carbocycles. The molecule has 0 saturated heterocycles. The Kier molecular flexibility index (Phi) is 4.89. The van der Waals surface area contributed by atoms with Crippen molar-refractivity contribution in [2.45, 2.75) is 29.9 Å². The fraction of sp³-hybridized carbons (Fsp3) is 0.333. The first kappa shape index (κ1) is 15.0. The largest absolute Gasteiger partial charge is 0.312 e. The number of nitrogens with one attached hydrogen (secondary N) is 1. The number of hydrogen-bond acceptors (Lipinski definition) is 2. The second-order valence-electron chi connectivity index (χ2n) is 5.44. The maximum absolute atomic E-state index is 6.26. The number of fused-ring (bicyclic) bond motifs is 1. The van der Waals surface area contributed by atoms with Crippen LogP contribution in [0.25, 0.3) is 0 Å². The molecule has 110 valence electrons. The minimum atomic E-state index is 0.433. The standard InChI is InChI=1S/C18H20ClNS/c1-20-18-15-8-4-2-6-13(15)10-11-17(18)21-12-14-7-3-5-9-16(14)19/h2-9,17-18,20H,10-12H2,1H3. The lowest BCUT2D eigenvalue weighted by atomic mass is 9.87. The predicted octanol–water partition coefficient (Wildman–Crippen LogP) is 4.85. The van der Waals surface area contributed by atoms with Gasteiger partial charge in [-0.05, 0) is 42.6 Å². The van der Waals surface area contributed by atoms with E-state index >= 15 is 0 Å². The van der Waals surface area contributed by atoms with Crippen molar-refractivity contribution in [2.75, 3.05) is 7.05 Å². The van der Waals surface area contributed by atoms with Crippen LogP contribution in [0.5, 0.6) is 0 Å². The van der Waals surface area contributed by atoms with E-state index in [0.29, 0.717) is 11.3 Å². The second-order valence-corrected chi connectivity index (χ2v) is 7.08. The smallest absolute Gasteiger partial charge is 0.0446 e. The van der Waals surface area contributed by atoms with Crippen LogP contribution in [0, 0.1) is 0 Å². The van der Waals surface area contributed by atoms with Gasteiger partial charge >= 0.3 is 0 Å². The summed E-state index contributed by atoms with van der Waals surface area (Å²) in [4.78, 5) is 0. The third-order valence-electron chi connectivity index (χ3n) is 4.18. The SMILES string of the molecule is CNC1c2ccccc2CCC1SCc1ccccc1Cl. The normalized spacial score (nSPS) is 21.0. The number of hydrogen-bond donors (Lipinski definition) is 1. The third kappa shape index (κ3) is 3.28. The molecule has 21 heavy (non-hydrogen) atoms. The van der Waals surface area contributed by atoms with Gasteiger partial charge in [0.25, 0.3) is 0 Å².